The molecule has 3 rings (SSSR count). The molecule has 2 N–H and O–H groups in total. The SMILES string of the molecule is CN1C(=O)C(c2cccc(S(F)(F)(F)(F)F)c2)(c2ccc(F)c(Br)c2)N=C1N. The zero-order chi connectivity index (χ0) is 21.2. The fourth-order valence-corrected chi connectivity index (χ4v) is 3.93. The van der Waals surface area contributed by atoms with Gasteiger partial charge in [-0.1, -0.05) is 37.6 Å². The lowest BCUT2D eigenvalue weighted by atomic mass is 9.83. The first kappa shape index (κ1) is 20.5. The van der Waals surface area contributed by atoms with Gasteiger partial charge in [-0.15, -0.1) is 0 Å². The molecule has 0 radical (unpaired) electrons. The average molecular weight is 488 g/mol. The minimum Gasteiger partial charge on any atom is -0.369 e. The van der Waals surface area contributed by atoms with Gasteiger partial charge in [0.1, 0.15) is 10.7 Å². The Morgan fingerprint density at radius 3 is 2.18 bits per heavy atom. The molecule has 0 aromatic heterocycles. The lowest BCUT2D eigenvalue weighted by Crippen LogP contribution is -2.41. The maximum Gasteiger partial charge on any atom is 0.310 e. The minimum absolute atomic E-state index is 0.0441. The monoisotopic (exact) mass is 487 g/mol. The summed E-state index contributed by atoms with van der Waals surface area (Å²) in [4.78, 5) is 15.6. The van der Waals surface area contributed by atoms with Gasteiger partial charge in [0.05, 0.1) is 4.47 Å². The Morgan fingerprint density at radius 2 is 1.68 bits per heavy atom. The first-order valence-corrected chi connectivity index (χ1v) is 10.2. The fraction of sp³-hybridized carbons (Fsp3) is 0.125. The van der Waals surface area contributed by atoms with Crippen molar-refractivity contribution in [2.75, 3.05) is 7.05 Å². The number of nitrogens with two attached hydrogens (primary N) is 1. The standard InChI is InChI=1S/C16H12BrF6N3OS/c1-26-14(27)16(25-15(26)24,10-5-6-13(18)12(17)8-10)9-3-2-4-11(7-9)28(19,20,21,22)23/h2-8H,1H3,(H2,24,25). The molecular formula is C16H12BrF6N3OS. The zero-order valence-electron chi connectivity index (χ0n) is 14.0. The second-order valence-corrected chi connectivity index (χ2v) is 9.43. The Kier molecular flexibility index (Phi) is 3.99. The number of rotatable bonds is 3. The molecule has 0 bridgehead atoms. The molecule has 1 heterocycles. The molecule has 0 saturated heterocycles. The number of nitrogens with zero attached hydrogens (tertiary/aromatic N) is 2. The van der Waals surface area contributed by atoms with Crippen LogP contribution in [0.4, 0.5) is 23.8 Å². The van der Waals surface area contributed by atoms with E-state index < -0.39 is 37.9 Å². The Balaban J connectivity index is 2.35. The third kappa shape index (κ3) is 3.24. The molecule has 1 aliphatic rings. The highest BCUT2D eigenvalue weighted by molar-refractivity contribution is 9.10. The predicted molar refractivity (Wildman–Crippen MR) is 97.1 cm³/mol. The number of carbonyl (C=O) groups excluding carboxylic acids is 1. The average Bonchev–Trinajstić information content (AvgIpc) is 2.81. The number of aliphatic imine (C=N–C) groups is 1. The van der Waals surface area contributed by atoms with Gasteiger partial charge >= 0.3 is 10.2 Å². The number of carbonyl (C=O) groups is 1. The van der Waals surface area contributed by atoms with Crippen LogP contribution in [0.2, 0.25) is 0 Å². The molecule has 0 spiro atoms. The van der Waals surface area contributed by atoms with E-state index in [0.717, 1.165) is 35.2 Å². The molecule has 12 heteroatoms. The third-order valence-electron chi connectivity index (χ3n) is 4.27. The van der Waals surface area contributed by atoms with E-state index in [1.54, 1.807) is 0 Å². The van der Waals surface area contributed by atoms with Gasteiger partial charge in [-0.25, -0.2) is 9.38 Å². The van der Waals surface area contributed by atoms with Crippen LogP contribution < -0.4 is 5.73 Å². The second kappa shape index (κ2) is 5.44. The molecule has 1 atom stereocenters. The van der Waals surface area contributed by atoms with E-state index in [0.29, 0.717) is 0 Å². The molecule has 4 nitrogen and oxygen atoms in total. The van der Waals surface area contributed by atoms with Crippen LogP contribution in [0.5, 0.6) is 0 Å². The van der Waals surface area contributed by atoms with Crippen LogP contribution in [0.3, 0.4) is 0 Å². The summed E-state index contributed by atoms with van der Waals surface area (Å²) in [5.74, 6) is -1.90. The second-order valence-electron chi connectivity index (χ2n) is 6.17. The number of hydrogen-bond donors (Lipinski definition) is 1. The highest BCUT2D eigenvalue weighted by Crippen LogP contribution is 3.02. The minimum atomic E-state index is -10.0. The summed E-state index contributed by atoms with van der Waals surface area (Å²) in [5, 5.41) is 0. The van der Waals surface area contributed by atoms with Crippen molar-refractivity contribution in [1.29, 1.82) is 0 Å². The van der Waals surface area contributed by atoms with Crippen LogP contribution in [-0.4, -0.2) is 23.8 Å². The zero-order valence-corrected chi connectivity index (χ0v) is 16.4. The van der Waals surface area contributed by atoms with Crippen LogP contribution in [0.1, 0.15) is 11.1 Å². The van der Waals surface area contributed by atoms with E-state index in [1.807, 2.05) is 0 Å². The van der Waals surface area contributed by atoms with Gasteiger partial charge in [0.2, 0.25) is 0 Å². The van der Waals surface area contributed by atoms with Crippen molar-refractivity contribution < 1.29 is 28.6 Å². The Bertz CT molecular complexity index is 1040. The molecular weight excluding hydrogens is 476 g/mol. The van der Waals surface area contributed by atoms with Crippen LogP contribution in [-0.2, 0) is 10.3 Å². The molecule has 2 aromatic rings. The van der Waals surface area contributed by atoms with Crippen LogP contribution in [0.25, 0.3) is 0 Å². The molecule has 1 amide bonds. The number of hydrogen-bond acceptors (Lipinski definition) is 3. The summed E-state index contributed by atoms with van der Waals surface area (Å²) in [6.07, 6.45) is 0. The van der Waals surface area contributed by atoms with Gasteiger partial charge in [0.25, 0.3) is 5.91 Å². The van der Waals surface area contributed by atoms with Crippen LogP contribution >= 0.6 is 26.2 Å². The topological polar surface area (TPSA) is 58.7 Å². The molecule has 0 saturated carbocycles. The van der Waals surface area contributed by atoms with Gasteiger partial charge in [-0.3, -0.25) is 9.69 Å². The summed E-state index contributed by atoms with van der Waals surface area (Å²) in [5.41, 5.74) is 2.97. The Morgan fingerprint density at radius 1 is 1.07 bits per heavy atom. The van der Waals surface area contributed by atoms with E-state index in [-0.39, 0.29) is 28.1 Å². The van der Waals surface area contributed by atoms with E-state index >= 15 is 0 Å². The smallest absolute Gasteiger partial charge is 0.310 e. The largest absolute Gasteiger partial charge is 0.369 e. The van der Waals surface area contributed by atoms with Crippen molar-refractivity contribution in [3.63, 3.8) is 0 Å². The first-order chi connectivity index (χ1) is 12.6. The lowest BCUT2D eigenvalue weighted by Gasteiger charge is -2.41. The highest BCUT2D eigenvalue weighted by Gasteiger charge is 2.66. The molecule has 28 heavy (non-hydrogen) atoms. The summed E-state index contributed by atoms with van der Waals surface area (Å²) in [6, 6.07) is 5.42. The van der Waals surface area contributed by atoms with Gasteiger partial charge in [-0.2, -0.15) is 0 Å². The van der Waals surface area contributed by atoms with Gasteiger partial charge in [-0.05, 0) is 51.3 Å². The number of likely N-dealkylation sites (N-methyl/N-ethyl adjacent to an activating group) is 1. The van der Waals surface area contributed by atoms with Crippen molar-refractivity contribution in [2.24, 2.45) is 10.7 Å². The summed E-state index contributed by atoms with van der Waals surface area (Å²) in [6.45, 7) is 0. The maximum absolute atomic E-state index is 13.6. The molecule has 0 aliphatic carbocycles. The fourth-order valence-electron chi connectivity index (χ4n) is 2.87. The summed E-state index contributed by atoms with van der Waals surface area (Å²) >= 11 is 2.93. The quantitative estimate of drug-likeness (QED) is 0.599. The van der Waals surface area contributed by atoms with Crippen molar-refractivity contribution in [3.05, 3.63) is 63.9 Å². The van der Waals surface area contributed by atoms with Crippen LogP contribution in [0, 0.1) is 5.82 Å². The van der Waals surface area contributed by atoms with E-state index in [1.165, 1.54) is 7.05 Å². The van der Waals surface area contributed by atoms with E-state index in [9.17, 15) is 28.6 Å². The van der Waals surface area contributed by atoms with Crippen LogP contribution in [0.15, 0.2) is 56.8 Å². The first-order valence-electron chi connectivity index (χ1n) is 7.50. The Hall–Kier alpha value is -2.21. The van der Waals surface area contributed by atoms with Crippen molar-refractivity contribution in [2.45, 2.75) is 10.4 Å². The van der Waals surface area contributed by atoms with E-state index in [2.05, 4.69) is 20.9 Å². The molecule has 152 valence electrons. The molecule has 0 fully saturated rings. The van der Waals surface area contributed by atoms with Gasteiger partial charge in [0, 0.05) is 7.05 Å². The molecule has 2 aromatic carbocycles. The number of amides is 1. The summed E-state index contributed by atoms with van der Waals surface area (Å²) < 4.78 is 80.0. The van der Waals surface area contributed by atoms with Crippen molar-refractivity contribution in [3.8, 4) is 0 Å². The number of benzene rings is 2. The molecule has 1 unspecified atom stereocenters. The van der Waals surface area contributed by atoms with Gasteiger partial charge in [0.15, 0.2) is 11.5 Å². The predicted octanol–water partition coefficient (Wildman–Crippen LogP) is 5.28. The third-order valence-corrected chi connectivity index (χ3v) is 6.03. The number of guanidine groups is 1. The molecule has 1 aliphatic heterocycles. The van der Waals surface area contributed by atoms with Crippen molar-refractivity contribution >= 4 is 38.0 Å². The maximum atomic E-state index is 13.6. The normalized spacial score (nSPS) is 22.6. The lowest BCUT2D eigenvalue weighted by molar-refractivity contribution is -0.129. The number of halogens is 7. The van der Waals surface area contributed by atoms with Crippen molar-refractivity contribution in [1.82, 2.24) is 4.90 Å². The van der Waals surface area contributed by atoms with E-state index in [4.69, 9.17) is 5.73 Å². The Labute approximate surface area is 163 Å². The highest BCUT2D eigenvalue weighted by atomic mass is 79.9. The summed E-state index contributed by atoms with van der Waals surface area (Å²) in [7, 11) is -8.79. The van der Waals surface area contributed by atoms with Gasteiger partial charge < -0.3 is 5.73 Å².